The lowest BCUT2D eigenvalue weighted by atomic mass is 9.99. The first-order valence-corrected chi connectivity index (χ1v) is 6.86. The van der Waals surface area contributed by atoms with E-state index in [4.69, 9.17) is 16.3 Å². The highest BCUT2D eigenvalue weighted by atomic mass is 35.5. The third kappa shape index (κ3) is 3.59. The first kappa shape index (κ1) is 13.6. The average Bonchev–Trinajstić information content (AvgIpc) is 2.28. The Labute approximate surface area is 114 Å². The smallest absolute Gasteiger partial charge is 0.132 e. The number of ether oxygens (including phenoxy) is 1. The van der Waals surface area contributed by atoms with Gasteiger partial charge in [0.25, 0.3) is 0 Å². The summed E-state index contributed by atoms with van der Waals surface area (Å²) in [6, 6.07) is 3.64. The van der Waals surface area contributed by atoms with Crippen molar-refractivity contribution in [3.8, 4) is 5.75 Å². The third-order valence-electron chi connectivity index (χ3n) is 3.33. The fourth-order valence-electron chi connectivity index (χ4n) is 2.29. The SMILES string of the molecule is CC(C)(C)N1CCCC(Oc2ccnc(Cl)c2)C1. The number of hydrogen-bond acceptors (Lipinski definition) is 3. The van der Waals surface area contributed by atoms with Crippen LogP contribution in [0.1, 0.15) is 33.6 Å². The maximum absolute atomic E-state index is 6.00. The summed E-state index contributed by atoms with van der Waals surface area (Å²) in [7, 11) is 0. The minimum absolute atomic E-state index is 0.206. The van der Waals surface area contributed by atoms with Crippen LogP contribution in [0.15, 0.2) is 18.3 Å². The minimum Gasteiger partial charge on any atom is -0.489 e. The van der Waals surface area contributed by atoms with Crippen molar-refractivity contribution < 1.29 is 4.74 Å². The Morgan fingerprint density at radius 1 is 1.44 bits per heavy atom. The zero-order valence-corrected chi connectivity index (χ0v) is 12.1. The molecule has 0 N–H and O–H groups in total. The molecule has 0 aliphatic carbocycles. The van der Waals surface area contributed by atoms with Crippen molar-refractivity contribution in [3.63, 3.8) is 0 Å². The fraction of sp³-hybridized carbons (Fsp3) is 0.643. The van der Waals surface area contributed by atoms with E-state index in [1.165, 1.54) is 6.42 Å². The van der Waals surface area contributed by atoms with Gasteiger partial charge in [0.15, 0.2) is 0 Å². The Balaban J connectivity index is 1.98. The van der Waals surface area contributed by atoms with Crippen LogP contribution >= 0.6 is 11.6 Å². The van der Waals surface area contributed by atoms with Crippen LogP contribution in [0, 0.1) is 0 Å². The molecule has 4 heteroatoms. The van der Waals surface area contributed by atoms with Crippen molar-refractivity contribution in [3.05, 3.63) is 23.5 Å². The lowest BCUT2D eigenvalue weighted by molar-refractivity contribution is 0.0346. The van der Waals surface area contributed by atoms with Gasteiger partial charge in [-0.1, -0.05) is 11.6 Å². The van der Waals surface area contributed by atoms with Gasteiger partial charge in [-0.25, -0.2) is 4.98 Å². The van der Waals surface area contributed by atoms with Gasteiger partial charge < -0.3 is 4.74 Å². The van der Waals surface area contributed by atoms with Crippen LogP contribution in [0.25, 0.3) is 0 Å². The molecule has 1 atom stereocenters. The van der Waals surface area contributed by atoms with Gasteiger partial charge in [0.05, 0.1) is 0 Å². The molecular formula is C14H21ClN2O. The molecule has 0 spiro atoms. The van der Waals surface area contributed by atoms with E-state index in [0.717, 1.165) is 25.3 Å². The van der Waals surface area contributed by atoms with Gasteiger partial charge in [0, 0.05) is 24.3 Å². The van der Waals surface area contributed by atoms with Crippen LogP contribution in [0.2, 0.25) is 5.15 Å². The molecule has 0 bridgehead atoms. The molecule has 1 fully saturated rings. The van der Waals surface area contributed by atoms with E-state index in [2.05, 4.69) is 30.7 Å². The zero-order valence-electron chi connectivity index (χ0n) is 11.3. The van der Waals surface area contributed by atoms with Crippen molar-refractivity contribution in [1.29, 1.82) is 0 Å². The molecule has 0 saturated carbocycles. The number of aromatic nitrogens is 1. The molecule has 0 aromatic carbocycles. The number of pyridine rings is 1. The van der Waals surface area contributed by atoms with Crippen LogP contribution in [0.5, 0.6) is 5.75 Å². The Morgan fingerprint density at radius 3 is 2.89 bits per heavy atom. The summed E-state index contributed by atoms with van der Waals surface area (Å²) in [6.45, 7) is 8.87. The van der Waals surface area contributed by atoms with Crippen LogP contribution in [0.3, 0.4) is 0 Å². The van der Waals surface area contributed by atoms with Crippen molar-refractivity contribution >= 4 is 11.6 Å². The first-order chi connectivity index (χ1) is 8.45. The van der Waals surface area contributed by atoms with E-state index in [-0.39, 0.29) is 11.6 Å². The summed E-state index contributed by atoms with van der Waals surface area (Å²) < 4.78 is 6.00. The lowest BCUT2D eigenvalue weighted by Crippen LogP contribution is -2.50. The Kier molecular flexibility index (Phi) is 4.13. The monoisotopic (exact) mass is 268 g/mol. The zero-order chi connectivity index (χ0) is 13.2. The molecule has 0 radical (unpaired) electrons. The van der Waals surface area contributed by atoms with Gasteiger partial charge in [-0.15, -0.1) is 0 Å². The van der Waals surface area contributed by atoms with E-state index in [9.17, 15) is 0 Å². The van der Waals surface area contributed by atoms with E-state index in [1.54, 1.807) is 12.3 Å². The second kappa shape index (κ2) is 5.45. The highest BCUT2D eigenvalue weighted by Crippen LogP contribution is 2.24. The first-order valence-electron chi connectivity index (χ1n) is 6.48. The predicted molar refractivity (Wildman–Crippen MR) is 74.2 cm³/mol. The highest BCUT2D eigenvalue weighted by Gasteiger charge is 2.28. The van der Waals surface area contributed by atoms with Gasteiger partial charge in [-0.3, -0.25) is 4.90 Å². The summed E-state index contributed by atoms with van der Waals surface area (Å²) >= 11 is 5.86. The molecule has 1 unspecified atom stereocenters. The Bertz CT molecular complexity index is 403. The number of piperidine rings is 1. The van der Waals surface area contributed by atoms with Gasteiger partial charge in [0.1, 0.15) is 17.0 Å². The van der Waals surface area contributed by atoms with E-state index in [0.29, 0.717) is 5.15 Å². The summed E-state index contributed by atoms with van der Waals surface area (Å²) in [5.74, 6) is 0.816. The Morgan fingerprint density at radius 2 is 2.22 bits per heavy atom. The summed E-state index contributed by atoms with van der Waals surface area (Å²) in [5, 5.41) is 0.482. The molecule has 3 nitrogen and oxygen atoms in total. The Hall–Kier alpha value is -0.800. The molecular weight excluding hydrogens is 248 g/mol. The number of rotatable bonds is 2. The van der Waals surface area contributed by atoms with E-state index >= 15 is 0 Å². The van der Waals surface area contributed by atoms with E-state index in [1.807, 2.05) is 6.07 Å². The number of nitrogens with zero attached hydrogens (tertiary/aromatic N) is 2. The average molecular weight is 269 g/mol. The standard InChI is InChI=1S/C14H21ClN2O/c1-14(2,3)17-8-4-5-12(10-17)18-11-6-7-16-13(15)9-11/h6-7,9,12H,4-5,8,10H2,1-3H3. The summed E-state index contributed by atoms with van der Waals surface area (Å²) in [5.41, 5.74) is 0.206. The fourth-order valence-corrected chi connectivity index (χ4v) is 2.46. The second-order valence-corrected chi connectivity index (χ2v) is 6.20. The van der Waals surface area contributed by atoms with Crippen molar-refractivity contribution in [2.75, 3.05) is 13.1 Å². The predicted octanol–water partition coefficient (Wildman–Crippen LogP) is 3.38. The second-order valence-electron chi connectivity index (χ2n) is 5.81. The molecule has 1 aromatic rings. The highest BCUT2D eigenvalue weighted by molar-refractivity contribution is 6.29. The van der Waals surface area contributed by atoms with Gasteiger partial charge in [-0.2, -0.15) is 0 Å². The van der Waals surface area contributed by atoms with Gasteiger partial charge >= 0.3 is 0 Å². The third-order valence-corrected chi connectivity index (χ3v) is 3.53. The van der Waals surface area contributed by atoms with Crippen LogP contribution in [0.4, 0.5) is 0 Å². The number of hydrogen-bond donors (Lipinski definition) is 0. The molecule has 1 aromatic heterocycles. The normalized spacial score (nSPS) is 21.9. The lowest BCUT2D eigenvalue weighted by Gasteiger charge is -2.41. The van der Waals surface area contributed by atoms with E-state index < -0.39 is 0 Å². The van der Waals surface area contributed by atoms with Crippen LogP contribution in [-0.4, -0.2) is 34.6 Å². The molecule has 18 heavy (non-hydrogen) atoms. The van der Waals surface area contributed by atoms with Crippen LogP contribution < -0.4 is 4.74 Å². The van der Waals surface area contributed by atoms with Crippen molar-refractivity contribution in [2.45, 2.75) is 45.3 Å². The van der Waals surface area contributed by atoms with Crippen molar-refractivity contribution in [2.24, 2.45) is 0 Å². The maximum Gasteiger partial charge on any atom is 0.132 e. The summed E-state index contributed by atoms with van der Waals surface area (Å²) in [4.78, 5) is 6.44. The minimum atomic E-state index is 0.206. The molecule has 100 valence electrons. The largest absolute Gasteiger partial charge is 0.489 e. The quantitative estimate of drug-likeness (QED) is 0.769. The molecule has 0 amide bonds. The number of likely N-dealkylation sites (tertiary alicyclic amines) is 1. The molecule has 2 heterocycles. The van der Waals surface area contributed by atoms with Crippen molar-refractivity contribution in [1.82, 2.24) is 9.88 Å². The number of halogens is 1. The molecule has 2 rings (SSSR count). The molecule has 1 aliphatic rings. The van der Waals surface area contributed by atoms with Crippen LogP contribution in [-0.2, 0) is 0 Å². The van der Waals surface area contributed by atoms with Gasteiger partial charge in [0.2, 0.25) is 0 Å². The molecule has 1 saturated heterocycles. The molecule has 1 aliphatic heterocycles. The topological polar surface area (TPSA) is 25.4 Å². The summed E-state index contributed by atoms with van der Waals surface area (Å²) in [6.07, 6.45) is 4.21. The van der Waals surface area contributed by atoms with Gasteiger partial charge in [-0.05, 0) is 46.2 Å². The maximum atomic E-state index is 6.00.